The second kappa shape index (κ2) is 6.81. The summed E-state index contributed by atoms with van der Waals surface area (Å²) in [4.78, 5) is 32.1. The molecule has 126 valence electrons. The van der Waals surface area contributed by atoms with Gasteiger partial charge in [-0.3, -0.25) is 9.59 Å². The largest absolute Gasteiger partial charge is 0.301 e. The van der Waals surface area contributed by atoms with E-state index in [0.29, 0.717) is 21.9 Å². The molecule has 4 rings (SSSR count). The average Bonchev–Trinajstić information content (AvgIpc) is 3.30. The normalized spacial score (nSPS) is 14.1. The molecule has 0 saturated carbocycles. The number of nitrogens with zero attached hydrogens (tertiary/aromatic N) is 3. The van der Waals surface area contributed by atoms with Crippen molar-refractivity contribution in [3.05, 3.63) is 57.7 Å². The second-order valence-corrected chi connectivity index (χ2v) is 7.34. The predicted octanol–water partition coefficient (Wildman–Crippen LogP) is 2.71. The van der Waals surface area contributed by atoms with Crippen molar-refractivity contribution in [1.82, 2.24) is 15.0 Å². The quantitative estimate of drug-likeness (QED) is 0.566. The minimum atomic E-state index is -0.174. The minimum absolute atomic E-state index is 0.0927. The molecule has 8 heteroatoms. The molecule has 0 bridgehead atoms. The van der Waals surface area contributed by atoms with E-state index in [1.807, 2.05) is 35.7 Å². The van der Waals surface area contributed by atoms with E-state index in [1.165, 1.54) is 28.1 Å². The van der Waals surface area contributed by atoms with Crippen LogP contribution in [0.4, 0.5) is 0 Å². The van der Waals surface area contributed by atoms with Gasteiger partial charge >= 0.3 is 0 Å². The van der Waals surface area contributed by atoms with Crippen LogP contribution in [0.15, 0.2) is 56.8 Å². The van der Waals surface area contributed by atoms with Crippen LogP contribution in [0.2, 0.25) is 0 Å². The Bertz CT molecular complexity index is 1010. The Balaban J connectivity index is 1.44. The summed E-state index contributed by atoms with van der Waals surface area (Å²) >= 11 is 2.64. The molecule has 1 N–H and O–H groups in total. The Morgan fingerprint density at radius 2 is 2.12 bits per heavy atom. The number of nitrogens with one attached hydrogen (secondary N) is 1. The summed E-state index contributed by atoms with van der Waals surface area (Å²) in [5, 5.41) is 8.79. The number of aromatic nitrogens is 2. The molecular weight excluding hydrogens is 356 g/mol. The maximum Gasteiger partial charge on any atom is 0.260 e. The highest BCUT2D eigenvalue weighted by Crippen LogP contribution is 2.20. The number of carbonyl (C=O) groups excluding carboxylic acids is 1. The van der Waals surface area contributed by atoms with Crippen LogP contribution in [-0.4, -0.2) is 38.9 Å². The number of aromatic amines is 1. The number of hydrogen-bond donors (Lipinski definition) is 1. The van der Waals surface area contributed by atoms with E-state index in [-0.39, 0.29) is 17.2 Å². The van der Waals surface area contributed by atoms with Crippen LogP contribution in [0.25, 0.3) is 10.2 Å². The standard InChI is InChI=1S/C17H14N4O2S2/c22-14(21-8-6-13(20-21)11-4-2-1-3-5-11)10-25-17-18-15(23)12-7-9-24-16(12)19-17/h1-5,7,9H,6,8,10H2,(H,18,19,23). The van der Waals surface area contributed by atoms with Crippen LogP contribution in [0.3, 0.4) is 0 Å². The monoisotopic (exact) mass is 370 g/mol. The van der Waals surface area contributed by atoms with Gasteiger partial charge in [0, 0.05) is 6.42 Å². The van der Waals surface area contributed by atoms with Crippen molar-refractivity contribution in [3.8, 4) is 0 Å². The van der Waals surface area contributed by atoms with Gasteiger partial charge in [0.15, 0.2) is 5.16 Å². The van der Waals surface area contributed by atoms with Crippen molar-refractivity contribution >= 4 is 44.9 Å². The number of carbonyl (C=O) groups is 1. The molecule has 1 amide bonds. The summed E-state index contributed by atoms with van der Waals surface area (Å²) in [5.74, 6) is 0.0932. The van der Waals surface area contributed by atoms with Gasteiger partial charge in [-0.25, -0.2) is 9.99 Å². The van der Waals surface area contributed by atoms with Gasteiger partial charge in [-0.2, -0.15) is 5.10 Å². The molecule has 1 aliphatic rings. The maximum atomic E-state index is 12.4. The summed E-state index contributed by atoms with van der Waals surface area (Å²) in [6, 6.07) is 11.6. The zero-order valence-electron chi connectivity index (χ0n) is 13.1. The Morgan fingerprint density at radius 3 is 2.96 bits per heavy atom. The number of hydrazone groups is 1. The third-order valence-corrected chi connectivity index (χ3v) is 5.51. The van der Waals surface area contributed by atoms with Crippen molar-refractivity contribution in [3.63, 3.8) is 0 Å². The lowest BCUT2D eigenvalue weighted by atomic mass is 10.1. The zero-order chi connectivity index (χ0) is 17.2. The molecule has 0 aliphatic carbocycles. The number of thioether (sulfide) groups is 1. The van der Waals surface area contributed by atoms with E-state index in [1.54, 1.807) is 6.07 Å². The highest BCUT2D eigenvalue weighted by atomic mass is 32.2. The molecule has 25 heavy (non-hydrogen) atoms. The maximum absolute atomic E-state index is 12.4. The van der Waals surface area contributed by atoms with Crippen molar-refractivity contribution in [2.75, 3.05) is 12.3 Å². The zero-order valence-corrected chi connectivity index (χ0v) is 14.8. The Morgan fingerprint density at radius 1 is 1.28 bits per heavy atom. The van der Waals surface area contributed by atoms with E-state index < -0.39 is 0 Å². The first-order valence-electron chi connectivity index (χ1n) is 7.74. The Kier molecular flexibility index (Phi) is 4.37. The van der Waals surface area contributed by atoms with Gasteiger partial charge in [-0.1, -0.05) is 42.1 Å². The van der Waals surface area contributed by atoms with Crippen LogP contribution in [0.1, 0.15) is 12.0 Å². The van der Waals surface area contributed by atoms with Gasteiger partial charge in [0.2, 0.25) is 0 Å². The average molecular weight is 370 g/mol. The fourth-order valence-electron chi connectivity index (χ4n) is 2.59. The topological polar surface area (TPSA) is 78.4 Å². The molecule has 0 atom stereocenters. The summed E-state index contributed by atoms with van der Waals surface area (Å²) in [6.07, 6.45) is 0.747. The molecule has 3 aromatic rings. The molecule has 3 heterocycles. The Labute approximate surface area is 151 Å². The number of hydrogen-bond acceptors (Lipinski definition) is 6. The van der Waals surface area contributed by atoms with E-state index in [4.69, 9.17) is 0 Å². The van der Waals surface area contributed by atoms with E-state index in [2.05, 4.69) is 15.1 Å². The first-order chi connectivity index (χ1) is 12.2. The van der Waals surface area contributed by atoms with Gasteiger partial charge in [0.05, 0.1) is 23.4 Å². The fraction of sp³-hybridized carbons (Fsp3) is 0.176. The third kappa shape index (κ3) is 3.35. The van der Waals surface area contributed by atoms with Crippen LogP contribution >= 0.6 is 23.1 Å². The van der Waals surface area contributed by atoms with E-state index in [9.17, 15) is 9.59 Å². The third-order valence-electron chi connectivity index (χ3n) is 3.84. The molecule has 0 radical (unpaired) electrons. The lowest BCUT2D eigenvalue weighted by molar-refractivity contribution is -0.127. The van der Waals surface area contributed by atoms with Crippen LogP contribution in [0, 0.1) is 0 Å². The smallest absolute Gasteiger partial charge is 0.260 e. The number of thiophene rings is 1. The lowest BCUT2D eigenvalue weighted by Gasteiger charge is -2.10. The van der Waals surface area contributed by atoms with Crippen LogP contribution < -0.4 is 5.56 Å². The molecule has 6 nitrogen and oxygen atoms in total. The van der Waals surface area contributed by atoms with Gasteiger partial charge in [0.1, 0.15) is 4.83 Å². The van der Waals surface area contributed by atoms with Crippen molar-refractivity contribution < 1.29 is 4.79 Å². The fourth-order valence-corrected chi connectivity index (χ4v) is 4.14. The predicted molar refractivity (Wildman–Crippen MR) is 100 cm³/mol. The molecule has 0 unspecified atom stereocenters. The number of amides is 1. The van der Waals surface area contributed by atoms with Gasteiger partial charge < -0.3 is 4.98 Å². The SMILES string of the molecule is O=C(CSc1nc2sccc2c(=O)[nH]1)N1CCC(c2ccccc2)=N1. The number of rotatable bonds is 4. The first-order valence-corrected chi connectivity index (χ1v) is 9.61. The number of fused-ring (bicyclic) bond motifs is 1. The van der Waals surface area contributed by atoms with Crippen molar-refractivity contribution in [2.24, 2.45) is 5.10 Å². The molecule has 2 aromatic heterocycles. The second-order valence-electron chi connectivity index (χ2n) is 5.48. The molecule has 0 saturated heterocycles. The Hall–Kier alpha value is -2.45. The molecule has 1 aliphatic heterocycles. The molecule has 1 aromatic carbocycles. The molecule has 0 spiro atoms. The van der Waals surface area contributed by atoms with Gasteiger partial charge in [0.25, 0.3) is 11.5 Å². The highest BCUT2D eigenvalue weighted by molar-refractivity contribution is 7.99. The van der Waals surface area contributed by atoms with Crippen LogP contribution in [-0.2, 0) is 4.79 Å². The summed E-state index contributed by atoms with van der Waals surface area (Å²) in [7, 11) is 0. The molecule has 0 fully saturated rings. The summed E-state index contributed by atoms with van der Waals surface area (Å²) in [5.41, 5.74) is 1.79. The summed E-state index contributed by atoms with van der Waals surface area (Å²) < 4.78 is 0. The van der Waals surface area contributed by atoms with Crippen molar-refractivity contribution in [1.29, 1.82) is 0 Å². The van der Waals surface area contributed by atoms with Crippen molar-refractivity contribution in [2.45, 2.75) is 11.6 Å². The number of benzene rings is 1. The van der Waals surface area contributed by atoms with Gasteiger partial charge in [-0.05, 0) is 17.0 Å². The summed E-state index contributed by atoms with van der Waals surface area (Å²) in [6.45, 7) is 0.581. The molecular formula is C17H14N4O2S2. The lowest BCUT2D eigenvalue weighted by Crippen LogP contribution is -2.25. The highest BCUT2D eigenvalue weighted by Gasteiger charge is 2.21. The first kappa shape index (κ1) is 16.0. The van der Waals surface area contributed by atoms with Gasteiger partial charge in [-0.15, -0.1) is 11.3 Å². The van der Waals surface area contributed by atoms with Crippen LogP contribution in [0.5, 0.6) is 0 Å². The van der Waals surface area contributed by atoms with E-state index >= 15 is 0 Å². The van der Waals surface area contributed by atoms with E-state index in [0.717, 1.165) is 17.7 Å². The minimum Gasteiger partial charge on any atom is -0.301 e. The number of H-pyrrole nitrogens is 1.